The van der Waals surface area contributed by atoms with E-state index in [0.29, 0.717) is 25.1 Å². The predicted molar refractivity (Wildman–Crippen MR) is 145 cm³/mol. The van der Waals surface area contributed by atoms with E-state index in [0.717, 1.165) is 18.1 Å². The van der Waals surface area contributed by atoms with Gasteiger partial charge in [-0.3, -0.25) is 4.79 Å². The molecule has 2 heterocycles. The first-order valence-electron chi connectivity index (χ1n) is 14.0. The minimum Gasteiger partial charge on any atom is -0.477 e. The molecule has 1 aromatic carbocycles. The van der Waals surface area contributed by atoms with E-state index < -0.39 is 59.0 Å². The second-order valence-corrected chi connectivity index (χ2v) is 12.4. The quantitative estimate of drug-likeness (QED) is 0.296. The molecule has 4 aliphatic rings. The Morgan fingerprint density at radius 2 is 1.76 bits per heavy atom. The van der Waals surface area contributed by atoms with E-state index >= 15 is 0 Å². The Morgan fingerprint density at radius 3 is 2.43 bits per heavy atom. The van der Waals surface area contributed by atoms with Gasteiger partial charge in [-0.05, 0) is 78.8 Å². The highest BCUT2D eigenvalue weighted by atomic mass is 16.7. The van der Waals surface area contributed by atoms with Gasteiger partial charge in [0.15, 0.2) is 29.8 Å². The van der Waals surface area contributed by atoms with Crippen molar-refractivity contribution in [3.8, 4) is 11.5 Å². The Morgan fingerprint density at radius 1 is 1.07 bits per heavy atom. The van der Waals surface area contributed by atoms with Gasteiger partial charge in [0, 0.05) is 24.9 Å². The van der Waals surface area contributed by atoms with Crippen molar-refractivity contribution in [3.05, 3.63) is 35.1 Å². The van der Waals surface area contributed by atoms with Crippen LogP contribution in [0.5, 0.6) is 11.5 Å². The largest absolute Gasteiger partial charge is 0.514 e. The molecule has 1 N–H and O–H groups in total. The molecular formula is C30H37NO11. The van der Waals surface area contributed by atoms with Crippen molar-refractivity contribution in [3.63, 3.8) is 0 Å². The molecule has 0 aromatic heterocycles. The lowest BCUT2D eigenvalue weighted by Gasteiger charge is -2.61. The normalized spacial score (nSPS) is 28.7. The number of likely N-dealkylation sites (tertiary alicyclic amines) is 1. The molecule has 0 radical (unpaired) electrons. The number of carbonyl (C=O) groups is 4. The summed E-state index contributed by atoms with van der Waals surface area (Å²) in [7, 11) is 1.97. The molecule has 12 heteroatoms. The molecule has 2 aliphatic heterocycles. The van der Waals surface area contributed by atoms with Gasteiger partial charge < -0.3 is 38.4 Å². The summed E-state index contributed by atoms with van der Waals surface area (Å²) in [6.45, 7) is 9.66. The lowest BCUT2D eigenvalue weighted by atomic mass is 9.50. The van der Waals surface area contributed by atoms with Gasteiger partial charge >= 0.3 is 24.1 Å². The van der Waals surface area contributed by atoms with E-state index in [9.17, 15) is 24.3 Å². The summed E-state index contributed by atoms with van der Waals surface area (Å²) in [5.41, 5.74) is -1.35. The van der Waals surface area contributed by atoms with Crippen molar-refractivity contribution in [2.45, 2.75) is 102 Å². The highest BCUT2D eigenvalue weighted by Crippen LogP contribution is 2.65. The van der Waals surface area contributed by atoms with E-state index in [1.165, 1.54) is 13.8 Å². The maximum atomic E-state index is 13.1. The topological polar surface area (TPSA) is 147 Å². The monoisotopic (exact) mass is 587 g/mol. The zero-order valence-electron chi connectivity index (χ0n) is 24.8. The van der Waals surface area contributed by atoms with Crippen molar-refractivity contribution in [2.75, 3.05) is 13.6 Å². The minimum atomic E-state index is -1.32. The molecule has 1 unspecified atom stereocenters. The third-order valence-corrected chi connectivity index (χ3v) is 8.44. The van der Waals surface area contributed by atoms with E-state index in [1.807, 2.05) is 13.1 Å². The molecule has 1 saturated heterocycles. The van der Waals surface area contributed by atoms with Crippen LogP contribution >= 0.6 is 0 Å². The highest BCUT2D eigenvalue weighted by Gasteiger charge is 2.72. The number of hydrogen-bond acceptors (Lipinski definition) is 12. The number of ether oxygens (including phenoxy) is 6. The maximum Gasteiger partial charge on any atom is 0.514 e. The van der Waals surface area contributed by atoms with E-state index in [-0.39, 0.29) is 24.0 Å². The molecule has 1 spiro atoms. The molecule has 0 saturated carbocycles. The van der Waals surface area contributed by atoms with Crippen LogP contribution in [0.2, 0.25) is 0 Å². The number of carbonyl (C=O) groups excluding carboxylic acids is 4. The summed E-state index contributed by atoms with van der Waals surface area (Å²) in [4.78, 5) is 51.3. The highest BCUT2D eigenvalue weighted by molar-refractivity contribution is 5.83. The third-order valence-electron chi connectivity index (χ3n) is 8.44. The van der Waals surface area contributed by atoms with Crippen LogP contribution in [0, 0.1) is 0 Å². The van der Waals surface area contributed by atoms with E-state index in [1.54, 1.807) is 32.9 Å². The number of likely N-dealkylation sites (N-methyl/N-ethyl adjacent to an activating group) is 1. The number of piperidine rings is 1. The first-order chi connectivity index (χ1) is 19.6. The zero-order chi connectivity index (χ0) is 30.8. The van der Waals surface area contributed by atoms with Gasteiger partial charge in [-0.15, -0.1) is 0 Å². The molecule has 2 bridgehead atoms. The Balaban J connectivity index is 1.46. The number of aliphatic hydroxyl groups is 1. The van der Waals surface area contributed by atoms with Gasteiger partial charge in [0.25, 0.3) is 0 Å². The van der Waals surface area contributed by atoms with Crippen molar-refractivity contribution >= 4 is 24.1 Å². The first-order valence-corrected chi connectivity index (χ1v) is 14.0. The van der Waals surface area contributed by atoms with Gasteiger partial charge in [-0.1, -0.05) is 6.07 Å². The summed E-state index contributed by atoms with van der Waals surface area (Å²) in [5.74, 6) is -1.83. The van der Waals surface area contributed by atoms with Crippen LogP contribution < -0.4 is 9.47 Å². The molecule has 0 amide bonds. The van der Waals surface area contributed by atoms with Crippen molar-refractivity contribution in [2.24, 2.45) is 0 Å². The molecular weight excluding hydrogens is 550 g/mol. The summed E-state index contributed by atoms with van der Waals surface area (Å²) < 4.78 is 33.2. The molecule has 228 valence electrons. The average molecular weight is 588 g/mol. The number of benzene rings is 1. The smallest absolute Gasteiger partial charge is 0.477 e. The van der Waals surface area contributed by atoms with Crippen LogP contribution in [0.4, 0.5) is 4.79 Å². The van der Waals surface area contributed by atoms with Crippen LogP contribution in [0.1, 0.15) is 65.5 Å². The number of esters is 3. The standard InChI is InChI=1S/C30H37NO11/c1-15(37-17(3)32)25(33)38-16(2)26(34)39-20-10-11-30(36)21-14-18-8-9-19(40-27(35)42-28(4,5)6)23-22(18)29(30,24(20)41-23)12-13-31(21)7/h8-10,15-16,21,24,36H,11-14H2,1-7H3/t15-,16-,21?,24-,29-,30-/m0/s1. The van der Waals surface area contributed by atoms with Crippen LogP contribution in [-0.4, -0.2) is 83.2 Å². The van der Waals surface area contributed by atoms with Crippen molar-refractivity contribution < 1.29 is 52.7 Å². The average Bonchev–Trinajstić information content (AvgIpc) is 3.23. The molecule has 2 aliphatic carbocycles. The van der Waals surface area contributed by atoms with E-state index in [2.05, 4.69) is 4.90 Å². The summed E-state index contributed by atoms with van der Waals surface area (Å²) in [6, 6.07) is 3.28. The van der Waals surface area contributed by atoms with Crippen LogP contribution in [0.15, 0.2) is 24.0 Å². The Bertz CT molecular complexity index is 1360. The maximum absolute atomic E-state index is 13.1. The number of rotatable bonds is 6. The molecule has 5 rings (SSSR count). The fraction of sp³-hybridized carbons (Fsp3) is 0.600. The fourth-order valence-corrected chi connectivity index (χ4v) is 6.68. The van der Waals surface area contributed by atoms with E-state index in [4.69, 9.17) is 28.4 Å². The van der Waals surface area contributed by atoms with Gasteiger partial charge in [0.05, 0.1) is 11.0 Å². The summed E-state index contributed by atoms with van der Waals surface area (Å²) >= 11 is 0. The molecule has 1 fully saturated rings. The fourth-order valence-electron chi connectivity index (χ4n) is 6.68. The number of nitrogens with zero attached hydrogens (tertiary/aromatic N) is 1. The van der Waals surface area contributed by atoms with Gasteiger partial charge in [-0.25, -0.2) is 14.4 Å². The lowest BCUT2D eigenvalue weighted by molar-refractivity contribution is -0.179. The third kappa shape index (κ3) is 4.80. The summed E-state index contributed by atoms with van der Waals surface area (Å²) in [6.07, 6.45) is -1.50. The molecule has 6 atom stereocenters. The van der Waals surface area contributed by atoms with Crippen molar-refractivity contribution in [1.82, 2.24) is 4.90 Å². The van der Waals surface area contributed by atoms with Crippen LogP contribution in [0.3, 0.4) is 0 Å². The Labute approximate surface area is 243 Å². The van der Waals surface area contributed by atoms with Gasteiger partial charge in [0.2, 0.25) is 0 Å². The van der Waals surface area contributed by atoms with Gasteiger partial charge in [0.1, 0.15) is 11.4 Å². The lowest BCUT2D eigenvalue weighted by Crippen LogP contribution is -2.74. The second-order valence-electron chi connectivity index (χ2n) is 12.4. The van der Waals surface area contributed by atoms with Crippen molar-refractivity contribution in [1.29, 1.82) is 0 Å². The Kier molecular flexibility index (Phi) is 7.29. The minimum absolute atomic E-state index is 0.138. The van der Waals surface area contributed by atoms with Gasteiger partial charge in [-0.2, -0.15) is 0 Å². The molecule has 42 heavy (non-hydrogen) atoms. The zero-order valence-corrected chi connectivity index (χ0v) is 24.8. The second kappa shape index (κ2) is 10.3. The Hall–Kier alpha value is -3.64. The number of hydrogen-bond donors (Lipinski definition) is 1. The SMILES string of the molecule is CC(=O)O[C@@H](C)C(=O)O[C@@H](C)C(=O)OC1=CC[C@]2(O)C3Cc4ccc(OC(=O)OC(C)(C)C)c5c4[C@@]2(CCN3C)[C@H]1O5. The van der Waals surface area contributed by atoms with Crippen LogP contribution in [0.25, 0.3) is 0 Å². The first kappa shape index (κ1) is 29.8. The summed E-state index contributed by atoms with van der Waals surface area (Å²) in [5, 5.41) is 12.4. The van der Waals surface area contributed by atoms with Crippen LogP contribution in [-0.2, 0) is 45.2 Å². The molecule has 1 aromatic rings. The molecule has 12 nitrogen and oxygen atoms in total. The predicted octanol–water partition coefficient (Wildman–Crippen LogP) is 2.70.